The van der Waals surface area contributed by atoms with E-state index in [1.54, 1.807) is 29.5 Å². The Balaban J connectivity index is 1.28. The average molecular weight is 406 g/mol. The van der Waals surface area contributed by atoms with Crippen molar-refractivity contribution in [1.82, 2.24) is 19.8 Å². The van der Waals surface area contributed by atoms with Crippen molar-refractivity contribution in [1.29, 1.82) is 0 Å². The van der Waals surface area contributed by atoms with Gasteiger partial charge in [0.2, 0.25) is 0 Å². The van der Waals surface area contributed by atoms with E-state index in [-0.39, 0.29) is 17.9 Å². The zero-order chi connectivity index (χ0) is 20.7. The van der Waals surface area contributed by atoms with E-state index < -0.39 is 6.10 Å². The van der Waals surface area contributed by atoms with Crippen molar-refractivity contribution in [3.05, 3.63) is 71.7 Å². The molecule has 8 heteroatoms. The molecule has 0 saturated carbocycles. The van der Waals surface area contributed by atoms with Gasteiger partial charge in [-0.15, -0.1) is 0 Å². The van der Waals surface area contributed by atoms with E-state index in [0.717, 1.165) is 11.3 Å². The first kappa shape index (κ1) is 18.5. The van der Waals surface area contributed by atoms with Gasteiger partial charge in [-0.1, -0.05) is 18.2 Å². The first-order valence-corrected chi connectivity index (χ1v) is 10.0. The molecule has 0 fully saturated rings. The van der Waals surface area contributed by atoms with Crippen LogP contribution in [0, 0.1) is 0 Å². The maximum Gasteiger partial charge on any atom is 0.271 e. The van der Waals surface area contributed by atoms with E-state index in [1.807, 2.05) is 35.8 Å². The molecule has 2 atom stereocenters. The minimum atomic E-state index is -0.512. The number of hydrogen-bond donors (Lipinski definition) is 1. The highest BCUT2D eigenvalue weighted by Gasteiger charge is 2.37. The zero-order valence-electron chi connectivity index (χ0n) is 16.6. The van der Waals surface area contributed by atoms with Crippen molar-refractivity contribution >= 4 is 11.8 Å². The van der Waals surface area contributed by atoms with Crippen molar-refractivity contribution in [2.45, 2.75) is 38.6 Å². The number of furan rings is 1. The summed E-state index contributed by atoms with van der Waals surface area (Å²) in [5, 5.41) is 2.81. The van der Waals surface area contributed by atoms with Gasteiger partial charge >= 0.3 is 0 Å². The smallest absolute Gasteiger partial charge is 0.271 e. The molecule has 154 valence electrons. The number of aromatic nitrogens is 2. The van der Waals surface area contributed by atoms with E-state index in [9.17, 15) is 9.59 Å². The van der Waals surface area contributed by atoms with Crippen LogP contribution in [-0.2, 0) is 24.3 Å². The third-order valence-corrected chi connectivity index (χ3v) is 5.67. The van der Waals surface area contributed by atoms with Gasteiger partial charge in [-0.2, -0.15) is 0 Å². The molecule has 0 aliphatic carbocycles. The number of imidazole rings is 1. The van der Waals surface area contributed by atoms with Crippen molar-refractivity contribution in [2.75, 3.05) is 6.54 Å². The Kier molecular flexibility index (Phi) is 4.54. The minimum absolute atomic E-state index is 0.0447. The van der Waals surface area contributed by atoms with Gasteiger partial charge in [-0.05, 0) is 30.7 Å². The molecule has 5 rings (SSSR count). The highest BCUT2D eigenvalue weighted by atomic mass is 16.5. The zero-order valence-corrected chi connectivity index (χ0v) is 16.6. The molecular formula is C22H22N4O4. The summed E-state index contributed by atoms with van der Waals surface area (Å²) in [5.41, 5.74) is 1.39. The van der Waals surface area contributed by atoms with Crippen LogP contribution in [0.25, 0.3) is 0 Å². The van der Waals surface area contributed by atoms with Crippen molar-refractivity contribution in [3.8, 4) is 5.75 Å². The lowest BCUT2D eigenvalue weighted by atomic mass is 10.1. The van der Waals surface area contributed by atoms with Crippen molar-refractivity contribution in [2.24, 2.45) is 0 Å². The molecule has 2 aromatic heterocycles. The van der Waals surface area contributed by atoms with Crippen LogP contribution in [0.15, 0.2) is 53.3 Å². The molecular weight excluding hydrogens is 384 g/mol. The summed E-state index contributed by atoms with van der Waals surface area (Å²) < 4.78 is 13.1. The van der Waals surface area contributed by atoms with Crippen LogP contribution in [0.1, 0.15) is 40.6 Å². The Hall–Kier alpha value is -3.55. The molecule has 0 unspecified atom stereocenters. The molecule has 4 heterocycles. The molecule has 0 spiro atoms. The number of benzene rings is 1. The summed E-state index contributed by atoms with van der Waals surface area (Å²) in [6.45, 7) is 3.37. The Labute approximate surface area is 173 Å². The fraction of sp³-hybridized carbons (Fsp3) is 0.318. The van der Waals surface area contributed by atoms with Gasteiger partial charge in [-0.25, -0.2) is 4.98 Å². The minimum Gasteiger partial charge on any atom is -0.480 e. The second-order valence-electron chi connectivity index (χ2n) is 7.57. The average Bonchev–Trinajstić information content (AvgIpc) is 3.51. The summed E-state index contributed by atoms with van der Waals surface area (Å²) in [6, 6.07) is 11.1. The number of amides is 2. The number of fused-ring (bicyclic) bond motifs is 2. The number of nitrogens with zero attached hydrogens (tertiary/aromatic N) is 3. The standard InChI is InChI=1S/C22H22N4O4/c1-14-20-24-17(21(27)23-12-16-6-4-10-29-16)13-25(20)8-9-26(14)22(28)19-11-15-5-2-3-7-18(15)30-19/h2-7,10,13-14,19H,8-9,11-12H2,1H3,(H,23,27)/t14-,19-/m0/s1. The fourth-order valence-electron chi connectivity index (χ4n) is 4.08. The lowest BCUT2D eigenvalue weighted by Crippen LogP contribution is -2.47. The molecule has 0 saturated heterocycles. The highest BCUT2D eigenvalue weighted by Crippen LogP contribution is 2.32. The Bertz CT molecular complexity index is 1060. The molecule has 8 nitrogen and oxygen atoms in total. The second kappa shape index (κ2) is 7.37. The van der Waals surface area contributed by atoms with Crippen LogP contribution in [0.3, 0.4) is 0 Å². The van der Waals surface area contributed by atoms with Crippen molar-refractivity contribution < 1.29 is 18.7 Å². The number of rotatable bonds is 4. The number of para-hydroxylation sites is 1. The van der Waals surface area contributed by atoms with Gasteiger partial charge in [0.05, 0.1) is 18.8 Å². The SMILES string of the molecule is C[C@H]1c2nc(C(=O)NCc3ccco3)cn2CCN1C(=O)[C@@H]1Cc2ccccc2O1. The van der Waals surface area contributed by atoms with Crippen LogP contribution >= 0.6 is 0 Å². The Morgan fingerprint density at radius 2 is 2.07 bits per heavy atom. The molecule has 30 heavy (non-hydrogen) atoms. The highest BCUT2D eigenvalue weighted by molar-refractivity contribution is 5.92. The molecule has 2 aliphatic heterocycles. The first-order chi connectivity index (χ1) is 14.6. The van der Waals surface area contributed by atoms with Gasteiger partial charge in [0.1, 0.15) is 23.0 Å². The third-order valence-electron chi connectivity index (χ3n) is 5.67. The topological polar surface area (TPSA) is 89.6 Å². The second-order valence-corrected chi connectivity index (χ2v) is 7.57. The lowest BCUT2D eigenvalue weighted by molar-refractivity contribution is -0.141. The van der Waals surface area contributed by atoms with Crippen LogP contribution in [-0.4, -0.2) is 38.9 Å². The Morgan fingerprint density at radius 3 is 2.87 bits per heavy atom. The summed E-state index contributed by atoms with van der Waals surface area (Å²) in [7, 11) is 0. The molecule has 3 aromatic rings. The third kappa shape index (κ3) is 3.24. The summed E-state index contributed by atoms with van der Waals surface area (Å²) >= 11 is 0. The normalized spacial score (nSPS) is 19.7. The van der Waals surface area contributed by atoms with Gasteiger partial charge in [0, 0.05) is 25.7 Å². The largest absolute Gasteiger partial charge is 0.480 e. The number of carbonyl (C=O) groups excluding carboxylic acids is 2. The number of ether oxygens (including phenoxy) is 1. The number of hydrogen-bond acceptors (Lipinski definition) is 5. The first-order valence-electron chi connectivity index (χ1n) is 10.0. The molecule has 0 radical (unpaired) electrons. The monoisotopic (exact) mass is 406 g/mol. The summed E-state index contributed by atoms with van der Waals surface area (Å²) in [6.07, 6.45) is 3.37. The van der Waals surface area contributed by atoms with Gasteiger partial charge in [-0.3, -0.25) is 9.59 Å². The fourth-order valence-corrected chi connectivity index (χ4v) is 4.08. The summed E-state index contributed by atoms with van der Waals surface area (Å²) in [5.74, 6) is 1.84. The van der Waals surface area contributed by atoms with E-state index >= 15 is 0 Å². The number of nitrogens with one attached hydrogen (secondary N) is 1. The van der Waals surface area contributed by atoms with Gasteiger partial charge < -0.3 is 23.9 Å². The van der Waals surface area contributed by atoms with Crippen molar-refractivity contribution in [3.63, 3.8) is 0 Å². The predicted molar refractivity (Wildman–Crippen MR) is 107 cm³/mol. The summed E-state index contributed by atoms with van der Waals surface area (Å²) in [4.78, 5) is 31.9. The Morgan fingerprint density at radius 1 is 1.20 bits per heavy atom. The van der Waals surface area contributed by atoms with E-state index in [4.69, 9.17) is 9.15 Å². The quantitative estimate of drug-likeness (QED) is 0.718. The van der Waals surface area contributed by atoms with Crippen LogP contribution < -0.4 is 10.1 Å². The maximum absolute atomic E-state index is 13.1. The molecule has 1 N–H and O–H groups in total. The molecule has 2 aliphatic rings. The van der Waals surface area contributed by atoms with Crippen LogP contribution in [0.2, 0.25) is 0 Å². The maximum atomic E-state index is 13.1. The molecule has 0 bridgehead atoms. The van der Waals surface area contributed by atoms with Gasteiger partial charge in [0.15, 0.2) is 6.10 Å². The molecule has 2 amide bonds. The predicted octanol–water partition coefficient (Wildman–Crippen LogP) is 2.31. The molecule has 1 aromatic carbocycles. The lowest BCUT2D eigenvalue weighted by Gasteiger charge is -2.35. The van der Waals surface area contributed by atoms with E-state index in [0.29, 0.717) is 43.3 Å². The van der Waals surface area contributed by atoms with Crippen LogP contribution in [0.4, 0.5) is 0 Å². The van der Waals surface area contributed by atoms with E-state index in [2.05, 4.69) is 10.3 Å². The van der Waals surface area contributed by atoms with Crippen LogP contribution in [0.5, 0.6) is 5.75 Å². The van der Waals surface area contributed by atoms with Gasteiger partial charge in [0.25, 0.3) is 11.8 Å². The van der Waals surface area contributed by atoms with E-state index in [1.165, 1.54) is 0 Å². The number of carbonyl (C=O) groups is 2.